The largest absolute Gasteiger partial charge is 0.507 e. The topological polar surface area (TPSA) is 102 Å². The van der Waals surface area contributed by atoms with Crippen LogP contribution in [0.15, 0.2) is 46.2 Å². The van der Waals surface area contributed by atoms with Gasteiger partial charge in [-0.1, -0.05) is 36.4 Å². The molecule has 0 saturated heterocycles. The second-order valence-electron chi connectivity index (χ2n) is 6.55. The van der Waals surface area contributed by atoms with Gasteiger partial charge in [0.1, 0.15) is 5.75 Å². The summed E-state index contributed by atoms with van der Waals surface area (Å²) in [6.07, 6.45) is -3.38. The van der Waals surface area contributed by atoms with Crippen LogP contribution in [0.1, 0.15) is 24.5 Å². The van der Waals surface area contributed by atoms with Crippen LogP contribution in [0.25, 0.3) is 0 Å². The second kappa shape index (κ2) is 10.4. The molecule has 0 aliphatic carbocycles. The fourth-order valence-electron chi connectivity index (χ4n) is 2.43. The number of nitrogens with two attached hydrogens (primary N) is 1. The number of aromatic hydroxyl groups is 1. The van der Waals surface area contributed by atoms with Gasteiger partial charge in [0.2, 0.25) is 0 Å². The Kier molecular flexibility index (Phi) is 8.64. The molecule has 2 atom stereocenters. The van der Waals surface area contributed by atoms with E-state index in [4.69, 9.17) is 21.0 Å². The van der Waals surface area contributed by atoms with E-state index in [1.54, 1.807) is 18.2 Å². The van der Waals surface area contributed by atoms with Gasteiger partial charge in [-0.3, -0.25) is 4.52 Å². The number of phosphoric acid groups is 1. The molecule has 0 amide bonds. The number of phenolic OH excluding ortho intramolecular Hbond substituents is 1. The number of benzene rings is 2. The van der Waals surface area contributed by atoms with Crippen molar-refractivity contribution in [1.82, 2.24) is 0 Å². The van der Waals surface area contributed by atoms with Crippen LogP contribution in [-0.2, 0) is 26.3 Å². The summed E-state index contributed by atoms with van der Waals surface area (Å²) in [5.74, 6) is 4.31. The number of halogens is 4. The lowest BCUT2D eigenvalue weighted by Crippen LogP contribution is -2.08. The van der Waals surface area contributed by atoms with Crippen molar-refractivity contribution in [3.63, 3.8) is 0 Å². The van der Waals surface area contributed by atoms with Crippen molar-refractivity contribution in [2.75, 3.05) is 6.61 Å². The number of aryl methyl sites for hydroxylation is 1. The number of phosphoric ester groups is 1. The summed E-state index contributed by atoms with van der Waals surface area (Å²) in [7, 11) is -4.23. The molecule has 0 heterocycles. The summed E-state index contributed by atoms with van der Waals surface area (Å²) in [5.41, 5.74) is -0.0578. The first kappa shape index (κ1) is 25.0. The highest BCUT2D eigenvalue weighted by molar-refractivity contribution is 7.99. The maximum atomic E-state index is 12.9. The van der Waals surface area contributed by atoms with E-state index in [1.807, 2.05) is 6.92 Å². The van der Waals surface area contributed by atoms with E-state index in [0.29, 0.717) is 22.8 Å². The van der Waals surface area contributed by atoms with Crippen molar-refractivity contribution in [3.8, 4) is 5.75 Å². The summed E-state index contributed by atoms with van der Waals surface area (Å²) in [4.78, 5) is 9.75. The molecule has 2 unspecified atom stereocenters. The van der Waals surface area contributed by atoms with E-state index in [0.717, 1.165) is 35.5 Å². The minimum absolute atomic E-state index is 0.0364. The monoisotopic (exact) mass is 485 g/mol. The molecule has 2 rings (SSSR count). The molecule has 0 fully saturated rings. The van der Waals surface area contributed by atoms with Crippen molar-refractivity contribution >= 4 is 31.2 Å². The average molecular weight is 486 g/mol. The molecule has 0 spiro atoms. The lowest BCUT2D eigenvalue weighted by molar-refractivity contribution is -0.137. The highest BCUT2D eigenvalue weighted by atomic mass is 35.5. The normalized spacial score (nSPS) is 15.0. The molecule has 2 aromatic carbocycles. The highest BCUT2D eigenvalue weighted by Gasteiger charge is 2.31. The first-order chi connectivity index (χ1) is 13.9. The summed E-state index contributed by atoms with van der Waals surface area (Å²) < 4.78 is 58.4. The molecule has 12 heteroatoms. The minimum atomic E-state index is -4.51. The van der Waals surface area contributed by atoms with Gasteiger partial charge in [0.05, 0.1) is 17.1 Å². The van der Waals surface area contributed by atoms with Crippen LogP contribution in [0.2, 0.25) is 5.02 Å². The van der Waals surface area contributed by atoms with Gasteiger partial charge in [0.25, 0.3) is 0 Å². The van der Waals surface area contributed by atoms with Crippen molar-refractivity contribution < 1.29 is 36.9 Å². The maximum Gasteiger partial charge on any atom is 0.488 e. The van der Waals surface area contributed by atoms with Gasteiger partial charge in [0, 0.05) is 9.92 Å². The zero-order chi connectivity index (χ0) is 22.5. The quantitative estimate of drug-likeness (QED) is 0.305. The Bertz CT molecular complexity index is 931. The second-order valence-corrected chi connectivity index (χ2v) is 9.48. The lowest BCUT2D eigenvalue weighted by Gasteiger charge is -2.15. The third kappa shape index (κ3) is 7.46. The van der Waals surface area contributed by atoms with Crippen LogP contribution in [0.5, 0.6) is 5.75 Å². The number of alkyl halides is 3. The van der Waals surface area contributed by atoms with Crippen molar-refractivity contribution in [3.05, 3.63) is 52.5 Å². The van der Waals surface area contributed by atoms with Gasteiger partial charge >= 0.3 is 14.0 Å². The summed E-state index contributed by atoms with van der Waals surface area (Å²) in [6, 6.07) is 7.74. The number of phenols is 1. The molecule has 0 aromatic heterocycles. The number of rotatable bonds is 9. The fraction of sp³-hybridized carbons (Fsp3) is 0.333. The van der Waals surface area contributed by atoms with Gasteiger partial charge in [-0.05, 0) is 54.7 Å². The molecule has 2 aromatic rings. The molecular formula is C18H20ClF3NO5PS. The minimum Gasteiger partial charge on any atom is -0.507 e. The molecular weight excluding hydrogens is 466 g/mol. The average Bonchev–Trinajstić information content (AvgIpc) is 2.66. The van der Waals surface area contributed by atoms with Gasteiger partial charge in [-0.2, -0.15) is 13.2 Å². The smallest absolute Gasteiger partial charge is 0.488 e. The Morgan fingerprint density at radius 1 is 1.27 bits per heavy atom. The van der Waals surface area contributed by atoms with Crippen LogP contribution in [0.3, 0.4) is 0 Å². The van der Waals surface area contributed by atoms with Crippen LogP contribution >= 0.6 is 31.2 Å². The van der Waals surface area contributed by atoms with Crippen molar-refractivity contribution in [2.24, 2.45) is 11.8 Å². The SMILES string of the molecule is CC(CCc1ccc(Sc2cc(C(F)(F)F)ccc2O)cc1Cl)COP(=O)(O)ON. The molecule has 4 N–H and O–H groups in total. The van der Waals surface area contributed by atoms with E-state index in [-0.39, 0.29) is 23.2 Å². The Balaban J connectivity index is 2.01. The van der Waals surface area contributed by atoms with Gasteiger partial charge in [-0.25, -0.2) is 15.1 Å². The van der Waals surface area contributed by atoms with Crippen LogP contribution < -0.4 is 5.90 Å². The van der Waals surface area contributed by atoms with Crippen LogP contribution in [0.4, 0.5) is 13.2 Å². The highest BCUT2D eigenvalue weighted by Crippen LogP contribution is 2.42. The summed E-state index contributed by atoms with van der Waals surface area (Å²) in [5, 5.41) is 10.3. The third-order valence-electron chi connectivity index (χ3n) is 4.10. The van der Waals surface area contributed by atoms with Gasteiger partial charge in [-0.15, -0.1) is 0 Å². The maximum absolute atomic E-state index is 12.9. The fourth-order valence-corrected chi connectivity index (χ4v) is 4.20. The van der Waals surface area contributed by atoms with Gasteiger partial charge in [0.15, 0.2) is 0 Å². The number of hydrogen-bond donors (Lipinski definition) is 3. The zero-order valence-electron chi connectivity index (χ0n) is 15.7. The Hall–Kier alpha value is -1.26. The lowest BCUT2D eigenvalue weighted by atomic mass is 10.0. The van der Waals surface area contributed by atoms with Crippen LogP contribution in [0, 0.1) is 5.92 Å². The molecule has 166 valence electrons. The Morgan fingerprint density at radius 2 is 1.97 bits per heavy atom. The molecule has 0 saturated carbocycles. The third-order valence-corrected chi connectivity index (χ3v) is 6.23. The molecule has 0 bridgehead atoms. The summed E-state index contributed by atoms with van der Waals surface area (Å²) >= 11 is 7.25. The van der Waals surface area contributed by atoms with E-state index in [1.165, 1.54) is 0 Å². The van der Waals surface area contributed by atoms with Crippen molar-refractivity contribution in [2.45, 2.75) is 35.7 Å². The van der Waals surface area contributed by atoms with E-state index >= 15 is 0 Å². The zero-order valence-corrected chi connectivity index (χ0v) is 18.2. The first-order valence-electron chi connectivity index (χ1n) is 8.63. The predicted octanol–water partition coefficient (Wildman–Crippen LogP) is 5.79. The predicted molar refractivity (Wildman–Crippen MR) is 107 cm³/mol. The van der Waals surface area contributed by atoms with E-state index < -0.39 is 19.6 Å². The van der Waals surface area contributed by atoms with Gasteiger partial charge < -0.3 is 10.00 Å². The number of hydrogen-bond acceptors (Lipinski definition) is 6. The molecule has 6 nitrogen and oxygen atoms in total. The van der Waals surface area contributed by atoms with Crippen LogP contribution in [-0.4, -0.2) is 16.6 Å². The molecule has 0 aliphatic rings. The standard InChI is InChI=1S/C18H20ClF3NO5PS/c1-11(10-27-29(25,26)28-23)2-3-12-4-6-14(9-15(12)19)30-17-8-13(18(20,21)22)5-7-16(17)24/h4-9,11,24H,2-3,10,23H2,1H3,(H,25,26). The molecule has 0 aliphatic heterocycles. The molecule has 0 radical (unpaired) electrons. The Labute approximate surface area is 180 Å². The van der Waals surface area contributed by atoms with E-state index in [2.05, 4.69) is 10.5 Å². The summed E-state index contributed by atoms with van der Waals surface area (Å²) in [6.45, 7) is 1.77. The van der Waals surface area contributed by atoms with E-state index in [9.17, 15) is 22.8 Å². The first-order valence-corrected chi connectivity index (χ1v) is 11.3. The Morgan fingerprint density at radius 3 is 2.57 bits per heavy atom. The molecule has 30 heavy (non-hydrogen) atoms. The van der Waals surface area contributed by atoms with Crippen molar-refractivity contribution in [1.29, 1.82) is 0 Å².